The van der Waals surface area contributed by atoms with Crippen LogP contribution in [0.2, 0.25) is 0 Å². The van der Waals surface area contributed by atoms with Gasteiger partial charge < -0.3 is 11.1 Å². The van der Waals surface area contributed by atoms with Gasteiger partial charge in [0.05, 0.1) is 11.5 Å². The van der Waals surface area contributed by atoms with E-state index in [-0.39, 0.29) is 5.41 Å². The molecule has 3 heteroatoms. The third-order valence-corrected chi connectivity index (χ3v) is 2.98. The molecule has 1 saturated carbocycles. The molecule has 1 fully saturated rings. The molecule has 0 heterocycles. The van der Waals surface area contributed by atoms with Crippen molar-refractivity contribution in [1.82, 2.24) is 5.32 Å². The minimum absolute atomic E-state index is 0.222. The SMILES string of the molecule is CNCc1cc(N)ccc1C1(C#N)CC1. The van der Waals surface area contributed by atoms with Crippen LogP contribution in [0.4, 0.5) is 5.69 Å². The Hall–Kier alpha value is -1.53. The Balaban J connectivity index is 2.43. The number of nitriles is 1. The molecular formula is C12H15N3. The van der Waals surface area contributed by atoms with Crippen molar-refractivity contribution in [2.45, 2.75) is 24.8 Å². The van der Waals surface area contributed by atoms with E-state index in [2.05, 4.69) is 11.4 Å². The smallest absolute Gasteiger partial charge is 0.0826 e. The molecule has 0 aromatic heterocycles. The van der Waals surface area contributed by atoms with Crippen LogP contribution >= 0.6 is 0 Å². The molecule has 0 unspecified atom stereocenters. The van der Waals surface area contributed by atoms with Gasteiger partial charge in [-0.1, -0.05) is 6.07 Å². The molecule has 0 atom stereocenters. The van der Waals surface area contributed by atoms with Gasteiger partial charge in [0.15, 0.2) is 0 Å². The zero-order valence-corrected chi connectivity index (χ0v) is 8.88. The lowest BCUT2D eigenvalue weighted by molar-refractivity contribution is 0.784. The number of nitrogens with one attached hydrogen (secondary N) is 1. The highest BCUT2D eigenvalue weighted by atomic mass is 14.8. The second-order valence-corrected chi connectivity index (χ2v) is 4.14. The minimum Gasteiger partial charge on any atom is -0.399 e. The number of nitrogens with zero attached hydrogens (tertiary/aromatic N) is 1. The molecule has 2 rings (SSSR count). The Bertz CT molecular complexity index is 413. The second-order valence-electron chi connectivity index (χ2n) is 4.14. The standard InChI is InChI=1S/C12H15N3/c1-15-7-9-6-10(14)2-3-11(9)12(8-13)4-5-12/h2-3,6,15H,4-5,7,14H2,1H3. The number of hydrogen-bond donors (Lipinski definition) is 2. The number of hydrogen-bond acceptors (Lipinski definition) is 3. The van der Waals surface area contributed by atoms with E-state index in [4.69, 9.17) is 5.73 Å². The summed E-state index contributed by atoms with van der Waals surface area (Å²) >= 11 is 0. The number of benzene rings is 1. The molecule has 1 aliphatic rings. The van der Waals surface area contributed by atoms with Gasteiger partial charge in [0.25, 0.3) is 0 Å². The van der Waals surface area contributed by atoms with Crippen molar-refractivity contribution in [1.29, 1.82) is 5.26 Å². The fourth-order valence-electron chi connectivity index (χ4n) is 1.98. The average molecular weight is 201 g/mol. The van der Waals surface area contributed by atoms with Crippen molar-refractivity contribution in [3.8, 4) is 6.07 Å². The lowest BCUT2D eigenvalue weighted by atomic mass is 9.92. The molecule has 0 spiro atoms. The van der Waals surface area contributed by atoms with E-state index in [1.165, 1.54) is 0 Å². The molecule has 78 valence electrons. The predicted molar refractivity (Wildman–Crippen MR) is 60.1 cm³/mol. The highest BCUT2D eigenvalue weighted by molar-refractivity contribution is 5.51. The minimum atomic E-state index is -0.222. The van der Waals surface area contributed by atoms with Gasteiger partial charge in [-0.3, -0.25) is 0 Å². The summed E-state index contributed by atoms with van der Waals surface area (Å²) in [5.41, 5.74) is 8.59. The Morgan fingerprint density at radius 3 is 2.80 bits per heavy atom. The molecule has 1 aromatic rings. The van der Waals surface area contributed by atoms with Crippen LogP contribution in [-0.2, 0) is 12.0 Å². The van der Waals surface area contributed by atoms with E-state index in [0.29, 0.717) is 0 Å². The quantitative estimate of drug-likeness (QED) is 0.729. The van der Waals surface area contributed by atoms with Crippen LogP contribution in [0.25, 0.3) is 0 Å². The van der Waals surface area contributed by atoms with E-state index >= 15 is 0 Å². The molecule has 3 nitrogen and oxygen atoms in total. The van der Waals surface area contributed by atoms with Crippen LogP contribution in [0.5, 0.6) is 0 Å². The van der Waals surface area contributed by atoms with Crippen LogP contribution < -0.4 is 11.1 Å². The van der Waals surface area contributed by atoms with Gasteiger partial charge in [0.1, 0.15) is 0 Å². The van der Waals surface area contributed by atoms with E-state index in [1.54, 1.807) is 0 Å². The number of nitrogens with two attached hydrogens (primary N) is 1. The van der Waals surface area contributed by atoms with Gasteiger partial charge in [-0.2, -0.15) is 5.26 Å². The summed E-state index contributed by atoms with van der Waals surface area (Å²) in [4.78, 5) is 0. The Morgan fingerprint density at radius 2 is 2.27 bits per heavy atom. The molecule has 1 aliphatic carbocycles. The van der Waals surface area contributed by atoms with Crippen molar-refractivity contribution in [3.63, 3.8) is 0 Å². The predicted octanol–water partition coefficient (Wildman–Crippen LogP) is 1.54. The van der Waals surface area contributed by atoms with Crippen LogP contribution in [0.15, 0.2) is 18.2 Å². The van der Waals surface area contributed by atoms with Crippen LogP contribution in [0.3, 0.4) is 0 Å². The van der Waals surface area contributed by atoms with E-state index < -0.39 is 0 Å². The highest BCUT2D eigenvalue weighted by Gasteiger charge is 2.45. The third-order valence-electron chi connectivity index (χ3n) is 2.98. The van der Waals surface area contributed by atoms with Crippen LogP contribution in [0.1, 0.15) is 24.0 Å². The Labute approximate surface area is 89.9 Å². The maximum Gasteiger partial charge on any atom is 0.0826 e. The summed E-state index contributed by atoms with van der Waals surface area (Å²) in [6, 6.07) is 8.26. The van der Waals surface area contributed by atoms with Crippen molar-refractivity contribution < 1.29 is 0 Å². The maximum atomic E-state index is 9.17. The zero-order valence-electron chi connectivity index (χ0n) is 8.88. The number of anilines is 1. The van der Waals surface area contributed by atoms with Gasteiger partial charge in [-0.25, -0.2) is 0 Å². The number of nitrogen functional groups attached to an aromatic ring is 1. The lowest BCUT2D eigenvalue weighted by Crippen LogP contribution is -2.13. The summed E-state index contributed by atoms with van der Waals surface area (Å²) in [6.07, 6.45) is 1.95. The second kappa shape index (κ2) is 3.56. The zero-order chi connectivity index (χ0) is 10.9. The first-order valence-corrected chi connectivity index (χ1v) is 5.16. The first-order valence-electron chi connectivity index (χ1n) is 5.16. The fourth-order valence-corrected chi connectivity index (χ4v) is 1.98. The first-order chi connectivity index (χ1) is 7.22. The van der Waals surface area contributed by atoms with Gasteiger partial charge in [-0.05, 0) is 43.1 Å². The third kappa shape index (κ3) is 1.69. The van der Waals surface area contributed by atoms with Gasteiger partial charge >= 0.3 is 0 Å². The van der Waals surface area contributed by atoms with Crippen molar-refractivity contribution in [2.75, 3.05) is 12.8 Å². The van der Waals surface area contributed by atoms with E-state index in [9.17, 15) is 5.26 Å². The molecule has 3 N–H and O–H groups in total. The summed E-state index contributed by atoms with van der Waals surface area (Å²) in [5, 5.41) is 12.3. The molecule has 15 heavy (non-hydrogen) atoms. The normalized spacial score (nSPS) is 17.1. The molecule has 0 amide bonds. The lowest BCUT2D eigenvalue weighted by Gasteiger charge is -2.13. The largest absolute Gasteiger partial charge is 0.399 e. The van der Waals surface area contributed by atoms with Crippen molar-refractivity contribution in [3.05, 3.63) is 29.3 Å². The molecule has 0 saturated heterocycles. The maximum absolute atomic E-state index is 9.17. The van der Waals surface area contributed by atoms with Crippen molar-refractivity contribution in [2.24, 2.45) is 0 Å². The highest BCUT2D eigenvalue weighted by Crippen LogP contribution is 2.48. The molecule has 0 radical (unpaired) electrons. The molecule has 0 aliphatic heterocycles. The summed E-state index contributed by atoms with van der Waals surface area (Å²) in [7, 11) is 1.90. The van der Waals surface area contributed by atoms with Crippen LogP contribution in [-0.4, -0.2) is 7.05 Å². The van der Waals surface area contributed by atoms with Gasteiger partial charge in [0, 0.05) is 12.2 Å². The van der Waals surface area contributed by atoms with Gasteiger partial charge in [0.2, 0.25) is 0 Å². The Morgan fingerprint density at radius 1 is 1.53 bits per heavy atom. The van der Waals surface area contributed by atoms with E-state index in [0.717, 1.165) is 36.2 Å². The Kier molecular flexibility index (Phi) is 2.37. The van der Waals surface area contributed by atoms with Gasteiger partial charge in [-0.15, -0.1) is 0 Å². The van der Waals surface area contributed by atoms with Crippen LogP contribution in [0, 0.1) is 11.3 Å². The topological polar surface area (TPSA) is 61.8 Å². The first kappa shape index (κ1) is 10.0. The summed E-state index contributed by atoms with van der Waals surface area (Å²) < 4.78 is 0. The fraction of sp³-hybridized carbons (Fsp3) is 0.417. The van der Waals surface area contributed by atoms with E-state index in [1.807, 2.05) is 25.2 Å². The summed E-state index contributed by atoms with van der Waals surface area (Å²) in [5.74, 6) is 0. The molecular weight excluding hydrogens is 186 g/mol. The summed E-state index contributed by atoms with van der Waals surface area (Å²) in [6.45, 7) is 0.768. The molecule has 1 aromatic carbocycles. The monoisotopic (exact) mass is 201 g/mol. The van der Waals surface area contributed by atoms with Crippen molar-refractivity contribution >= 4 is 5.69 Å². The average Bonchev–Trinajstić information content (AvgIpc) is 2.99. The number of rotatable bonds is 3. The molecule has 0 bridgehead atoms.